The minimum Gasteiger partial charge on any atom is -0.469 e. The maximum Gasteiger partial charge on any atom is 0.248 e. The number of rotatable bonds is 5. The van der Waals surface area contributed by atoms with Crippen molar-refractivity contribution in [1.29, 1.82) is 0 Å². The summed E-state index contributed by atoms with van der Waals surface area (Å²) in [6.45, 7) is 1.90. The first kappa shape index (κ1) is 15.4. The minimum absolute atomic E-state index is 0.419. The molecular formula is C16H16N4O2S. The summed E-state index contributed by atoms with van der Waals surface area (Å²) in [6, 6.07) is 9.13. The molecule has 0 aliphatic carbocycles. The Bertz CT molecular complexity index is 836. The maximum atomic E-state index is 11.1. The molecule has 23 heavy (non-hydrogen) atoms. The van der Waals surface area contributed by atoms with Crippen LogP contribution in [0.1, 0.15) is 21.7 Å². The molecule has 2 heterocycles. The van der Waals surface area contributed by atoms with Gasteiger partial charge in [0.2, 0.25) is 5.91 Å². The Kier molecular flexibility index (Phi) is 4.20. The van der Waals surface area contributed by atoms with Crippen molar-refractivity contribution >= 4 is 17.7 Å². The molecule has 7 heteroatoms. The van der Waals surface area contributed by atoms with E-state index in [1.165, 1.54) is 0 Å². The van der Waals surface area contributed by atoms with Crippen LogP contribution in [0, 0.1) is 6.92 Å². The second-order valence-corrected chi connectivity index (χ2v) is 6.05. The molecule has 0 spiro atoms. The Morgan fingerprint density at radius 2 is 2.00 bits per heavy atom. The lowest BCUT2D eigenvalue weighted by Crippen LogP contribution is -2.10. The normalized spacial score (nSPS) is 10.9. The lowest BCUT2D eigenvalue weighted by atomic mass is 10.1. The van der Waals surface area contributed by atoms with Gasteiger partial charge in [-0.1, -0.05) is 23.9 Å². The highest BCUT2D eigenvalue weighted by molar-refractivity contribution is 7.98. The third kappa shape index (κ3) is 3.14. The van der Waals surface area contributed by atoms with E-state index in [9.17, 15) is 4.79 Å². The molecule has 2 aromatic heterocycles. The molecule has 0 fully saturated rings. The summed E-state index contributed by atoms with van der Waals surface area (Å²) in [5.41, 5.74) is 7.78. The van der Waals surface area contributed by atoms with Crippen LogP contribution in [0.5, 0.6) is 0 Å². The van der Waals surface area contributed by atoms with Gasteiger partial charge >= 0.3 is 0 Å². The summed E-state index contributed by atoms with van der Waals surface area (Å²) < 4.78 is 7.26. The van der Waals surface area contributed by atoms with Crippen molar-refractivity contribution in [2.75, 3.05) is 0 Å². The Balaban J connectivity index is 1.73. The van der Waals surface area contributed by atoms with E-state index >= 15 is 0 Å². The van der Waals surface area contributed by atoms with E-state index in [1.807, 2.05) is 36.7 Å². The molecule has 2 N–H and O–H groups in total. The second-order valence-electron chi connectivity index (χ2n) is 5.11. The van der Waals surface area contributed by atoms with Gasteiger partial charge in [0, 0.05) is 18.4 Å². The zero-order valence-electron chi connectivity index (χ0n) is 12.8. The van der Waals surface area contributed by atoms with Gasteiger partial charge in [0.1, 0.15) is 5.76 Å². The fourth-order valence-electron chi connectivity index (χ4n) is 2.21. The monoisotopic (exact) mass is 328 g/mol. The predicted octanol–water partition coefficient (Wildman–Crippen LogP) is 2.77. The molecule has 3 rings (SSSR count). The van der Waals surface area contributed by atoms with Crippen LogP contribution in [0.15, 0.2) is 46.2 Å². The fraction of sp³-hybridized carbons (Fsp3) is 0.188. The predicted molar refractivity (Wildman–Crippen MR) is 88.0 cm³/mol. The van der Waals surface area contributed by atoms with E-state index in [2.05, 4.69) is 10.2 Å². The topological polar surface area (TPSA) is 86.9 Å². The molecular weight excluding hydrogens is 312 g/mol. The Morgan fingerprint density at radius 3 is 2.61 bits per heavy atom. The van der Waals surface area contributed by atoms with E-state index < -0.39 is 5.91 Å². The van der Waals surface area contributed by atoms with Crippen molar-refractivity contribution in [3.63, 3.8) is 0 Å². The number of hydrogen-bond donors (Lipinski definition) is 1. The highest BCUT2D eigenvalue weighted by Gasteiger charge is 2.14. The van der Waals surface area contributed by atoms with Crippen LogP contribution in [0.4, 0.5) is 0 Å². The number of aryl methyl sites for hydroxylation is 1. The maximum absolute atomic E-state index is 11.1. The molecule has 3 aromatic rings. The first-order valence-corrected chi connectivity index (χ1v) is 8.00. The van der Waals surface area contributed by atoms with Crippen molar-refractivity contribution in [1.82, 2.24) is 14.8 Å². The van der Waals surface area contributed by atoms with Gasteiger partial charge in [0.15, 0.2) is 11.0 Å². The van der Waals surface area contributed by atoms with Crippen molar-refractivity contribution < 1.29 is 9.21 Å². The third-order valence-electron chi connectivity index (χ3n) is 3.54. The van der Waals surface area contributed by atoms with Crippen molar-refractivity contribution in [3.05, 3.63) is 53.5 Å². The van der Waals surface area contributed by atoms with Gasteiger partial charge < -0.3 is 14.7 Å². The van der Waals surface area contributed by atoms with E-state index in [4.69, 9.17) is 10.2 Å². The molecule has 0 aliphatic heterocycles. The van der Waals surface area contributed by atoms with Crippen molar-refractivity contribution in [2.24, 2.45) is 12.8 Å². The molecule has 0 saturated carbocycles. The summed E-state index contributed by atoms with van der Waals surface area (Å²) in [5.74, 6) is 1.91. The van der Waals surface area contributed by atoms with Crippen molar-refractivity contribution in [2.45, 2.75) is 17.8 Å². The number of benzene rings is 1. The average Bonchev–Trinajstić information content (AvgIpc) is 3.11. The molecule has 1 aromatic carbocycles. The summed E-state index contributed by atoms with van der Waals surface area (Å²) >= 11 is 1.58. The van der Waals surface area contributed by atoms with E-state index in [1.54, 1.807) is 30.2 Å². The lowest BCUT2D eigenvalue weighted by molar-refractivity contribution is 0.100. The summed E-state index contributed by atoms with van der Waals surface area (Å²) in [7, 11) is 1.93. The molecule has 0 bridgehead atoms. The van der Waals surface area contributed by atoms with E-state index in [-0.39, 0.29) is 0 Å². The molecule has 1 amide bonds. The molecule has 0 aliphatic rings. The first-order valence-electron chi connectivity index (χ1n) is 7.01. The summed E-state index contributed by atoms with van der Waals surface area (Å²) in [6.07, 6.45) is 1.65. The van der Waals surface area contributed by atoms with Gasteiger partial charge in [0.25, 0.3) is 0 Å². The van der Waals surface area contributed by atoms with Crippen LogP contribution < -0.4 is 5.73 Å². The molecule has 0 atom stereocenters. The number of thioether (sulfide) groups is 1. The van der Waals surface area contributed by atoms with Crippen LogP contribution in [-0.4, -0.2) is 20.7 Å². The third-order valence-corrected chi connectivity index (χ3v) is 4.63. The quantitative estimate of drug-likeness (QED) is 0.728. The average molecular weight is 328 g/mol. The fourth-order valence-corrected chi connectivity index (χ4v) is 3.07. The SMILES string of the molecule is Cc1occc1-c1nnc(SCc2ccc(C(N)=O)cc2)n1C. The number of amides is 1. The zero-order chi connectivity index (χ0) is 16.4. The Labute approximate surface area is 137 Å². The van der Waals surface area contributed by atoms with Crippen molar-refractivity contribution in [3.8, 4) is 11.4 Å². The number of aromatic nitrogens is 3. The summed E-state index contributed by atoms with van der Waals surface area (Å²) in [4.78, 5) is 11.1. The zero-order valence-corrected chi connectivity index (χ0v) is 13.6. The van der Waals surface area contributed by atoms with Crippen LogP contribution in [0.3, 0.4) is 0 Å². The van der Waals surface area contributed by atoms with Gasteiger partial charge in [-0.15, -0.1) is 10.2 Å². The second kappa shape index (κ2) is 6.29. The van der Waals surface area contributed by atoms with Gasteiger partial charge in [0.05, 0.1) is 11.8 Å². The standard InChI is InChI=1S/C16H16N4O2S/c1-10-13(7-8-22-10)15-18-19-16(20(15)2)23-9-11-3-5-12(6-4-11)14(17)21/h3-8H,9H2,1-2H3,(H2,17,21). The number of carbonyl (C=O) groups excluding carboxylic acids is 1. The molecule has 0 unspecified atom stereocenters. The molecule has 118 valence electrons. The van der Waals surface area contributed by atoms with Gasteiger partial charge in [-0.2, -0.15) is 0 Å². The van der Waals surface area contributed by atoms with Gasteiger partial charge in [-0.3, -0.25) is 4.79 Å². The Hall–Kier alpha value is -2.54. The first-order chi connectivity index (χ1) is 11.1. The summed E-state index contributed by atoms with van der Waals surface area (Å²) in [5, 5.41) is 9.29. The molecule has 0 radical (unpaired) electrons. The van der Waals surface area contributed by atoms with E-state index in [0.29, 0.717) is 5.56 Å². The van der Waals surface area contributed by atoms with Crippen LogP contribution in [0.2, 0.25) is 0 Å². The van der Waals surface area contributed by atoms with Gasteiger partial charge in [-0.25, -0.2) is 0 Å². The molecule has 6 nitrogen and oxygen atoms in total. The molecule has 0 saturated heterocycles. The van der Waals surface area contributed by atoms with Crippen LogP contribution >= 0.6 is 11.8 Å². The van der Waals surface area contributed by atoms with Gasteiger partial charge in [-0.05, 0) is 30.7 Å². The lowest BCUT2D eigenvalue weighted by Gasteiger charge is -2.04. The largest absolute Gasteiger partial charge is 0.469 e. The number of hydrogen-bond acceptors (Lipinski definition) is 5. The number of furan rings is 1. The number of nitrogens with two attached hydrogens (primary N) is 1. The minimum atomic E-state index is -0.419. The highest BCUT2D eigenvalue weighted by atomic mass is 32.2. The number of primary amides is 1. The smallest absolute Gasteiger partial charge is 0.248 e. The van der Waals surface area contributed by atoms with Crippen LogP contribution in [-0.2, 0) is 12.8 Å². The van der Waals surface area contributed by atoms with Crippen LogP contribution in [0.25, 0.3) is 11.4 Å². The highest BCUT2D eigenvalue weighted by Crippen LogP contribution is 2.27. The number of nitrogens with zero attached hydrogens (tertiary/aromatic N) is 3. The number of carbonyl (C=O) groups is 1. The Morgan fingerprint density at radius 1 is 1.26 bits per heavy atom. The van der Waals surface area contributed by atoms with E-state index in [0.717, 1.165) is 33.6 Å².